The molecule has 3 rings (SSSR count). The first-order valence-electron chi connectivity index (χ1n) is 7.75. The monoisotopic (exact) mass is 306 g/mol. The Balaban J connectivity index is 1.55. The molecule has 0 aliphatic carbocycles. The van der Waals surface area contributed by atoms with E-state index in [0.29, 0.717) is 25.6 Å². The normalized spacial score (nSPS) is 19.2. The van der Waals surface area contributed by atoms with Gasteiger partial charge in [0.1, 0.15) is 0 Å². The number of hydrogen-bond donors (Lipinski definition) is 1. The molecule has 2 aliphatic heterocycles. The van der Waals surface area contributed by atoms with E-state index in [0.717, 1.165) is 36.7 Å². The van der Waals surface area contributed by atoms with Crippen LogP contribution < -0.4 is 14.8 Å². The summed E-state index contributed by atoms with van der Waals surface area (Å²) in [6.07, 6.45) is 1.02. The SMILES string of the molecule is CCN(Cc1ccc2c(c1)OCO2)C(=O)NCC1CCOC1. The van der Waals surface area contributed by atoms with Gasteiger partial charge in [0.2, 0.25) is 6.79 Å². The van der Waals surface area contributed by atoms with Gasteiger partial charge in [0.15, 0.2) is 11.5 Å². The third-order valence-electron chi connectivity index (χ3n) is 4.05. The predicted octanol–water partition coefficient (Wildman–Crippen LogP) is 1.98. The van der Waals surface area contributed by atoms with E-state index < -0.39 is 0 Å². The van der Waals surface area contributed by atoms with Crippen LogP contribution in [-0.4, -0.2) is 44.0 Å². The van der Waals surface area contributed by atoms with Gasteiger partial charge in [-0.1, -0.05) is 6.07 Å². The lowest BCUT2D eigenvalue weighted by Crippen LogP contribution is -2.41. The molecule has 0 saturated carbocycles. The lowest BCUT2D eigenvalue weighted by atomic mass is 10.1. The van der Waals surface area contributed by atoms with Gasteiger partial charge in [-0.15, -0.1) is 0 Å². The number of hydrogen-bond acceptors (Lipinski definition) is 4. The van der Waals surface area contributed by atoms with Crippen LogP contribution in [0.15, 0.2) is 18.2 Å². The first-order chi connectivity index (χ1) is 10.8. The summed E-state index contributed by atoms with van der Waals surface area (Å²) in [6, 6.07) is 5.75. The van der Waals surface area contributed by atoms with E-state index in [4.69, 9.17) is 14.2 Å². The molecule has 1 saturated heterocycles. The van der Waals surface area contributed by atoms with Crippen LogP contribution >= 0.6 is 0 Å². The maximum atomic E-state index is 12.3. The number of fused-ring (bicyclic) bond motifs is 1. The average molecular weight is 306 g/mol. The molecule has 0 aromatic heterocycles. The summed E-state index contributed by atoms with van der Waals surface area (Å²) in [4.78, 5) is 14.1. The summed E-state index contributed by atoms with van der Waals surface area (Å²) in [5, 5.41) is 3.00. The van der Waals surface area contributed by atoms with E-state index in [9.17, 15) is 4.79 Å². The average Bonchev–Trinajstić information content (AvgIpc) is 3.20. The van der Waals surface area contributed by atoms with E-state index in [1.54, 1.807) is 4.90 Å². The molecule has 0 radical (unpaired) electrons. The number of urea groups is 1. The van der Waals surface area contributed by atoms with Gasteiger partial charge in [-0.05, 0) is 31.0 Å². The highest BCUT2D eigenvalue weighted by Crippen LogP contribution is 2.32. The molecule has 0 spiro atoms. The Morgan fingerprint density at radius 2 is 2.23 bits per heavy atom. The molecule has 1 N–H and O–H groups in total. The van der Waals surface area contributed by atoms with Crippen molar-refractivity contribution in [1.82, 2.24) is 10.2 Å². The van der Waals surface area contributed by atoms with Crippen LogP contribution in [0, 0.1) is 5.92 Å². The lowest BCUT2D eigenvalue weighted by molar-refractivity contribution is 0.173. The minimum absolute atomic E-state index is 0.0351. The van der Waals surface area contributed by atoms with Crippen LogP contribution in [0.4, 0.5) is 4.79 Å². The highest BCUT2D eigenvalue weighted by Gasteiger charge is 2.19. The Bertz CT molecular complexity index is 529. The predicted molar refractivity (Wildman–Crippen MR) is 81.0 cm³/mol. The van der Waals surface area contributed by atoms with Crippen LogP contribution in [0.3, 0.4) is 0 Å². The Morgan fingerprint density at radius 3 is 3.00 bits per heavy atom. The van der Waals surface area contributed by atoms with Crippen molar-refractivity contribution in [2.75, 3.05) is 33.1 Å². The molecule has 120 valence electrons. The Labute approximate surface area is 130 Å². The molecule has 1 atom stereocenters. The smallest absolute Gasteiger partial charge is 0.317 e. The molecule has 1 unspecified atom stereocenters. The van der Waals surface area contributed by atoms with Crippen molar-refractivity contribution in [3.63, 3.8) is 0 Å². The zero-order chi connectivity index (χ0) is 15.4. The van der Waals surface area contributed by atoms with Gasteiger partial charge in [-0.3, -0.25) is 0 Å². The van der Waals surface area contributed by atoms with Crippen molar-refractivity contribution in [1.29, 1.82) is 0 Å². The second-order valence-electron chi connectivity index (χ2n) is 5.62. The summed E-state index contributed by atoms with van der Waals surface area (Å²) in [5.41, 5.74) is 1.03. The van der Waals surface area contributed by atoms with Gasteiger partial charge < -0.3 is 24.4 Å². The van der Waals surface area contributed by atoms with Gasteiger partial charge in [0, 0.05) is 32.2 Å². The molecular formula is C16H22N2O4. The van der Waals surface area contributed by atoms with E-state index in [1.165, 1.54) is 0 Å². The second kappa shape index (κ2) is 6.87. The summed E-state index contributed by atoms with van der Waals surface area (Å²) in [5.74, 6) is 1.95. The maximum Gasteiger partial charge on any atom is 0.317 e. The Kier molecular flexibility index (Phi) is 4.68. The lowest BCUT2D eigenvalue weighted by Gasteiger charge is -2.22. The fraction of sp³-hybridized carbons (Fsp3) is 0.562. The van der Waals surface area contributed by atoms with Crippen LogP contribution in [-0.2, 0) is 11.3 Å². The highest BCUT2D eigenvalue weighted by atomic mass is 16.7. The van der Waals surface area contributed by atoms with Crippen molar-refractivity contribution in [2.45, 2.75) is 19.9 Å². The second-order valence-corrected chi connectivity index (χ2v) is 5.62. The van der Waals surface area contributed by atoms with Gasteiger partial charge >= 0.3 is 6.03 Å². The van der Waals surface area contributed by atoms with Crippen LogP contribution in [0.1, 0.15) is 18.9 Å². The van der Waals surface area contributed by atoms with E-state index in [1.807, 2.05) is 25.1 Å². The summed E-state index contributed by atoms with van der Waals surface area (Å²) in [7, 11) is 0. The van der Waals surface area contributed by atoms with Crippen molar-refractivity contribution < 1.29 is 19.0 Å². The van der Waals surface area contributed by atoms with Crippen LogP contribution in [0.25, 0.3) is 0 Å². The summed E-state index contributed by atoms with van der Waals surface area (Å²) >= 11 is 0. The van der Waals surface area contributed by atoms with Crippen molar-refractivity contribution in [2.24, 2.45) is 5.92 Å². The van der Waals surface area contributed by atoms with E-state index in [2.05, 4.69) is 5.32 Å². The number of nitrogens with one attached hydrogen (secondary N) is 1. The van der Waals surface area contributed by atoms with Crippen molar-refractivity contribution >= 4 is 6.03 Å². The van der Waals surface area contributed by atoms with Gasteiger partial charge in [-0.2, -0.15) is 0 Å². The highest BCUT2D eigenvalue weighted by molar-refractivity contribution is 5.74. The molecular weight excluding hydrogens is 284 g/mol. The maximum absolute atomic E-state index is 12.3. The van der Waals surface area contributed by atoms with E-state index in [-0.39, 0.29) is 12.8 Å². The quantitative estimate of drug-likeness (QED) is 0.903. The molecule has 6 heteroatoms. The van der Waals surface area contributed by atoms with Gasteiger partial charge in [0.25, 0.3) is 0 Å². The van der Waals surface area contributed by atoms with Crippen LogP contribution in [0.5, 0.6) is 11.5 Å². The Hall–Kier alpha value is -1.95. The molecule has 1 aromatic carbocycles. The number of carbonyl (C=O) groups excluding carboxylic acids is 1. The number of ether oxygens (including phenoxy) is 3. The van der Waals surface area contributed by atoms with E-state index >= 15 is 0 Å². The number of rotatable bonds is 5. The summed E-state index contributed by atoms with van der Waals surface area (Å²) in [6.45, 7) is 5.67. The third kappa shape index (κ3) is 3.44. The molecule has 1 fully saturated rings. The molecule has 2 aliphatic rings. The Morgan fingerprint density at radius 1 is 1.36 bits per heavy atom. The molecule has 2 amide bonds. The van der Waals surface area contributed by atoms with Gasteiger partial charge in [-0.25, -0.2) is 4.79 Å². The zero-order valence-electron chi connectivity index (χ0n) is 12.8. The van der Waals surface area contributed by atoms with Crippen molar-refractivity contribution in [3.8, 4) is 11.5 Å². The zero-order valence-corrected chi connectivity index (χ0v) is 12.8. The number of benzene rings is 1. The summed E-state index contributed by atoms with van der Waals surface area (Å²) < 4.78 is 16.0. The fourth-order valence-electron chi connectivity index (χ4n) is 2.67. The third-order valence-corrected chi connectivity index (χ3v) is 4.05. The standard InChI is InChI=1S/C16H22N2O4/c1-2-18(16(19)17-8-13-5-6-20-10-13)9-12-3-4-14-15(7-12)22-11-21-14/h3-4,7,13H,2,5-6,8-11H2,1H3,(H,17,19). The minimum Gasteiger partial charge on any atom is -0.454 e. The number of amides is 2. The number of nitrogens with zero attached hydrogens (tertiary/aromatic N) is 1. The minimum atomic E-state index is -0.0351. The molecule has 22 heavy (non-hydrogen) atoms. The number of carbonyl (C=O) groups is 1. The molecule has 1 aromatic rings. The largest absolute Gasteiger partial charge is 0.454 e. The molecule has 6 nitrogen and oxygen atoms in total. The first-order valence-corrected chi connectivity index (χ1v) is 7.75. The van der Waals surface area contributed by atoms with Gasteiger partial charge in [0.05, 0.1) is 6.61 Å². The van der Waals surface area contributed by atoms with Crippen molar-refractivity contribution in [3.05, 3.63) is 23.8 Å². The molecule has 2 heterocycles. The topological polar surface area (TPSA) is 60.0 Å². The van der Waals surface area contributed by atoms with Crippen LogP contribution in [0.2, 0.25) is 0 Å². The first kappa shape index (κ1) is 15.0. The fourth-order valence-corrected chi connectivity index (χ4v) is 2.67. The molecule has 0 bridgehead atoms.